The standard InChI is InChI=1S/C15H30O6/c1-18-15(17)7-6-10-20-12-14-21-13-11-19-9-5-3-2-4-8-16/h16H,2-14H2,1H3. The Kier molecular flexibility index (Phi) is 16.8. The van der Waals surface area contributed by atoms with Gasteiger partial charge in [-0.15, -0.1) is 0 Å². The minimum Gasteiger partial charge on any atom is -0.469 e. The molecule has 1 N–H and O–H groups in total. The van der Waals surface area contributed by atoms with Crippen molar-refractivity contribution in [3.05, 3.63) is 0 Å². The van der Waals surface area contributed by atoms with Crippen LogP contribution < -0.4 is 0 Å². The molecule has 0 rings (SSSR count). The fourth-order valence-electron chi connectivity index (χ4n) is 1.63. The van der Waals surface area contributed by atoms with E-state index in [1.54, 1.807) is 0 Å². The zero-order valence-electron chi connectivity index (χ0n) is 13.2. The summed E-state index contributed by atoms with van der Waals surface area (Å²) in [6.45, 7) is 3.81. The lowest BCUT2D eigenvalue weighted by molar-refractivity contribution is -0.141. The molecule has 21 heavy (non-hydrogen) atoms. The summed E-state index contributed by atoms with van der Waals surface area (Å²) in [6.07, 6.45) is 5.13. The van der Waals surface area contributed by atoms with Crippen LogP contribution in [0.4, 0.5) is 0 Å². The van der Waals surface area contributed by atoms with E-state index in [0.29, 0.717) is 45.9 Å². The van der Waals surface area contributed by atoms with Gasteiger partial charge in [-0.25, -0.2) is 0 Å². The molecule has 0 aliphatic carbocycles. The third-order valence-corrected chi connectivity index (χ3v) is 2.84. The van der Waals surface area contributed by atoms with E-state index in [0.717, 1.165) is 32.3 Å². The highest BCUT2D eigenvalue weighted by Crippen LogP contribution is 1.99. The summed E-state index contributed by atoms with van der Waals surface area (Å²) < 4.78 is 20.6. The molecule has 0 amide bonds. The van der Waals surface area contributed by atoms with Gasteiger partial charge in [0.05, 0.1) is 33.5 Å². The maximum absolute atomic E-state index is 10.8. The molecule has 0 atom stereocenters. The predicted octanol–water partition coefficient (Wildman–Crippen LogP) is 1.54. The van der Waals surface area contributed by atoms with E-state index in [1.165, 1.54) is 7.11 Å². The van der Waals surface area contributed by atoms with Gasteiger partial charge in [0.2, 0.25) is 0 Å². The number of ether oxygens (including phenoxy) is 4. The number of esters is 1. The minimum absolute atomic E-state index is 0.205. The van der Waals surface area contributed by atoms with Gasteiger partial charge in [-0.2, -0.15) is 0 Å². The fourth-order valence-corrected chi connectivity index (χ4v) is 1.63. The van der Waals surface area contributed by atoms with Crippen LogP contribution in [-0.2, 0) is 23.7 Å². The van der Waals surface area contributed by atoms with Crippen LogP contribution in [-0.4, -0.2) is 64.4 Å². The molecular weight excluding hydrogens is 276 g/mol. The molecule has 0 heterocycles. The van der Waals surface area contributed by atoms with Crippen molar-refractivity contribution in [1.29, 1.82) is 0 Å². The van der Waals surface area contributed by atoms with Crippen LogP contribution in [0.1, 0.15) is 38.5 Å². The summed E-state index contributed by atoms with van der Waals surface area (Å²) in [5.41, 5.74) is 0. The quantitative estimate of drug-likeness (QED) is 0.344. The first kappa shape index (κ1) is 20.3. The number of rotatable bonds is 16. The number of aliphatic hydroxyl groups is 1. The van der Waals surface area contributed by atoms with Crippen LogP contribution in [0.2, 0.25) is 0 Å². The van der Waals surface area contributed by atoms with E-state index >= 15 is 0 Å². The summed E-state index contributed by atoms with van der Waals surface area (Å²) in [4.78, 5) is 10.8. The van der Waals surface area contributed by atoms with E-state index in [-0.39, 0.29) is 12.6 Å². The van der Waals surface area contributed by atoms with Gasteiger partial charge in [0.1, 0.15) is 0 Å². The molecule has 126 valence electrons. The second kappa shape index (κ2) is 17.4. The van der Waals surface area contributed by atoms with E-state index in [9.17, 15) is 4.79 Å². The average Bonchev–Trinajstić information content (AvgIpc) is 2.50. The van der Waals surface area contributed by atoms with Crippen LogP contribution in [0, 0.1) is 0 Å². The normalized spacial score (nSPS) is 10.8. The molecule has 0 aliphatic heterocycles. The van der Waals surface area contributed by atoms with Crippen LogP contribution in [0.15, 0.2) is 0 Å². The number of carbonyl (C=O) groups excluding carboxylic acids is 1. The summed E-state index contributed by atoms with van der Waals surface area (Å²) in [7, 11) is 1.38. The van der Waals surface area contributed by atoms with Gasteiger partial charge in [0, 0.05) is 26.2 Å². The first-order chi connectivity index (χ1) is 10.3. The molecule has 0 aromatic heterocycles. The van der Waals surface area contributed by atoms with E-state index in [4.69, 9.17) is 19.3 Å². The van der Waals surface area contributed by atoms with Crippen molar-refractivity contribution in [3.63, 3.8) is 0 Å². The predicted molar refractivity (Wildman–Crippen MR) is 79.3 cm³/mol. The molecule has 0 aromatic carbocycles. The van der Waals surface area contributed by atoms with Crippen LogP contribution >= 0.6 is 0 Å². The molecule has 0 radical (unpaired) electrons. The maximum Gasteiger partial charge on any atom is 0.305 e. The number of unbranched alkanes of at least 4 members (excludes halogenated alkanes) is 3. The van der Waals surface area contributed by atoms with Crippen molar-refractivity contribution in [2.45, 2.75) is 38.5 Å². The van der Waals surface area contributed by atoms with Gasteiger partial charge >= 0.3 is 5.97 Å². The van der Waals surface area contributed by atoms with Crippen molar-refractivity contribution in [3.8, 4) is 0 Å². The van der Waals surface area contributed by atoms with Crippen molar-refractivity contribution in [2.24, 2.45) is 0 Å². The van der Waals surface area contributed by atoms with Crippen LogP contribution in [0.5, 0.6) is 0 Å². The summed E-state index contributed by atoms with van der Waals surface area (Å²) in [5.74, 6) is -0.205. The highest BCUT2D eigenvalue weighted by Gasteiger charge is 1.99. The Balaban J connectivity index is 2.98. The number of aliphatic hydroxyl groups excluding tert-OH is 1. The van der Waals surface area contributed by atoms with E-state index in [1.807, 2.05) is 0 Å². The monoisotopic (exact) mass is 306 g/mol. The lowest BCUT2D eigenvalue weighted by Crippen LogP contribution is -2.11. The Hall–Kier alpha value is -0.690. The first-order valence-electron chi connectivity index (χ1n) is 7.72. The molecule has 0 saturated carbocycles. The molecule has 0 aliphatic rings. The molecule has 0 bridgehead atoms. The highest BCUT2D eigenvalue weighted by atomic mass is 16.5. The lowest BCUT2D eigenvalue weighted by atomic mass is 10.2. The smallest absolute Gasteiger partial charge is 0.305 e. The molecule has 6 heteroatoms. The number of hydrogen-bond donors (Lipinski definition) is 1. The second-order valence-corrected chi connectivity index (χ2v) is 4.65. The molecule has 6 nitrogen and oxygen atoms in total. The maximum atomic E-state index is 10.8. The Morgan fingerprint density at radius 3 is 1.86 bits per heavy atom. The Labute approximate surface area is 127 Å². The number of carbonyl (C=O) groups is 1. The Morgan fingerprint density at radius 2 is 1.29 bits per heavy atom. The first-order valence-corrected chi connectivity index (χ1v) is 7.72. The molecule has 0 unspecified atom stereocenters. The number of methoxy groups -OCH3 is 1. The fraction of sp³-hybridized carbons (Fsp3) is 0.933. The van der Waals surface area contributed by atoms with Crippen molar-refractivity contribution in [1.82, 2.24) is 0 Å². The minimum atomic E-state index is -0.205. The third-order valence-electron chi connectivity index (χ3n) is 2.84. The van der Waals surface area contributed by atoms with Crippen LogP contribution in [0.3, 0.4) is 0 Å². The van der Waals surface area contributed by atoms with Gasteiger partial charge in [0.25, 0.3) is 0 Å². The Bertz CT molecular complexity index is 222. The summed E-state index contributed by atoms with van der Waals surface area (Å²) >= 11 is 0. The summed E-state index contributed by atoms with van der Waals surface area (Å²) in [6, 6.07) is 0. The zero-order valence-corrected chi connectivity index (χ0v) is 13.2. The van der Waals surface area contributed by atoms with Gasteiger partial charge in [-0.05, 0) is 19.3 Å². The topological polar surface area (TPSA) is 74.2 Å². The van der Waals surface area contributed by atoms with Gasteiger partial charge in [-0.1, -0.05) is 12.8 Å². The van der Waals surface area contributed by atoms with Crippen molar-refractivity contribution < 1.29 is 28.8 Å². The highest BCUT2D eigenvalue weighted by molar-refractivity contribution is 5.68. The average molecular weight is 306 g/mol. The van der Waals surface area contributed by atoms with Crippen molar-refractivity contribution >= 4 is 5.97 Å². The lowest BCUT2D eigenvalue weighted by Gasteiger charge is -2.06. The Morgan fingerprint density at radius 1 is 0.762 bits per heavy atom. The molecule has 0 aromatic rings. The van der Waals surface area contributed by atoms with E-state index in [2.05, 4.69) is 4.74 Å². The van der Waals surface area contributed by atoms with Gasteiger partial charge < -0.3 is 24.1 Å². The van der Waals surface area contributed by atoms with E-state index < -0.39 is 0 Å². The van der Waals surface area contributed by atoms with Crippen molar-refractivity contribution in [2.75, 3.05) is 53.4 Å². The molecule has 0 saturated heterocycles. The zero-order chi connectivity index (χ0) is 15.6. The number of hydrogen-bond acceptors (Lipinski definition) is 6. The molecular formula is C15H30O6. The SMILES string of the molecule is COC(=O)CCCOCCOCCOCCCCCCO. The molecule has 0 spiro atoms. The van der Waals surface area contributed by atoms with Gasteiger partial charge in [-0.3, -0.25) is 4.79 Å². The second-order valence-electron chi connectivity index (χ2n) is 4.65. The van der Waals surface area contributed by atoms with Crippen LogP contribution in [0.25, 0.3) is 0 Å². The largest absolute Gasteiger partial charge is 0.469 e. The third kappa shape index (κ3) is 17.3. The summed E-state index contributed by atoms with van der Waals surface area (Å²) in [5, 5.41) is 8.61. The van der Waals surface area contributed by atoms with Gasteiger partial charge in [0.15, 0.2) is 0 Å². The molecule has 0 fully saturated rings.